The van der Waals surface area contributed by atoms with E-state index in [2.05, 4.69) is 37.2 Å². The van der Waals surface area contributed by atoms with E-state index in [0.29, 0.717) is 22.7 Å². The zero-order valence-corrected chi connectivity index (χ0v) is 17.6. The quantitative estimate of drug-likeness (QED) is 0.479. The molecule has 26 heavy (non-hydrogen) atoms. The molecule has 0 aliphatic carbocycles. The van der Waals surface area contributed by atoms with E-state index in [1.54, 1.807) is 25.3 Å². The summed E-state index contributed by atoms with van der Waals surface area (Å²) in [6.07, 6.45) is 1.48. The number of ether oxygens (including phenoxy) is 2. The Balaban J connectivity index is 2.36. The minimum Gasteiger partial charge on any atom is -0.497 e. The Labute approximate surface area is 168 Å². The lowest BCUT2D eigenvalue weighted by molar-refractivity contribution is -0.112. The number of nitrogens with one attached hydrogen (secondary N) is 1. The number of carbonyl (C=O) groups is 1. The third kappa shape index (κ3) is 4.65. The van der Waals surface area contributed by atoms with Crippen LogP contribution in [0.15, 0.2) is 44.9 Å². The molecule has 2 rings (SSSR count). The van der Waals surface area contributed by atoms with Gasteiger partial charge in [0.1, 0.15) is 23.1 Å². The van der Waals surface area contributed by atoms with Gasteiger partial charge in [-0.3, -0.25) is 4.79 Å². The van der Waals surface area contributed by atoms with Gasteiger partial charge >= 0.3 is 0 Å². The minimum atomic E-state index is -0.518. The van der Waals surface area contributed by atoms with Gasteiger partial charge in [0.2, 0.25) is 0 Å². The molecule has 0 aromatic heterocycles. The largest absolute Gasteiger partial charge is 0.497 e. The number of halogens is 2. The van der Waals surface area contributed by atoms with E-state index in [9.17, 15) is 10.1 Å². The van der Waals surface area contributed by atoms with Gasteiger partial charge in [-0.2, -0.15) is 5.26 Å². The van der Waals surface area contributed by atoms with Crippen molar-refractivity contribution in [3.05, 3.63) is 56.0 Å². The number of hydrogen-bond acceptors (Lipinski definition) is 4. The summed E-state index contributed by atoms with van der Waals surface area (Å²) in [6.45, 7) is 1.94. The third-order valence-corrected chi connectivity index (χ3v) is 4.78. The Morgan fingerprint density at radius 1 is 1.15 bits per heavy atom. The van der Waals surface area contributed by atoms with Gasteiger partial charge in [0.25, 0.3) is 5.91 Å². The smallest absolute Gasteiger partial charge is 0.266 e. The number of nitriles is 1. The van der Waals surface area contributed by atoms with Crippen molar-refractivity contribution in [2.75, 3.05) is 19.5 Å². The fourth-order valence-electron chi connectivity index (χ4n) is 2.24. The Hall–Kier alpha value is -2.30. The molecule has 0 radical (unpaired) electrons. The topological polar surface area (TPSA) is 71.3 Å². The molecule has 0 saturated carbocycles. The average molecular weight is 480 g/mol. The lowest BCUT2D eigenvalue weighted by atomic mass is 10.1. The van der Waals surface area contributed by atoms with Crippen LogP contribution >= 0.6 is 31.9 Å². The van der Waals surface area contributed by atoms with E-state index in [4.69, 9.17) is 9.47 Å². The first-order valence-electron chi connectivity index (χ1n) is 7.50. The number of amides is 1. The van der Waals surface area contributed by atoms with Gasteiger partial charge in [-0.15, -0.1) is 0 Å². The summed E-state index contributed by atoms with van der Waals surface area (Å²) in [5.41, 5.74) is 2.14. The molecule has 0 unspecified atom stereocenters. The second-order valence-electron chi connectivity index (χ2n) is 5.34. The minimum absolute atomic E-state index is 0.0483. The molecule has 0 aliphatic heterocycles. The van der Waals surface area contributed by atoms with Crippen LogP contribution in [0.25, 0.3) is 6.08 Å². The van der Waals surface area contributed by atoms with Crippen molar-refractivity contribution in [3.8, 4) is 17.6 Å². The number of carbonyl (C=O) groups excluding carboxylic acids is 1. The van der Waals surface area contributed by atoms with Gasteiger partial charge in [-0.1, -0.05) is 0 Å². The van der Waals surface area contributed by atoms with Crippen LogP contribution in [0, 0.1) is 18.3 Å². The summed E-state index contributed by atoms with van der Waals surface area (Å²) >= 11 is 6.84. The maximum Gasteiger partial charge on any atom is 0.266 e. The van der Waals surface area contributed by atoms with Gasteiger partial charge < -0.3 is 14.8 Å². The molecule has 2 aromatic carbocycles. The van der Waals surface area contributed by atoms with Gasteiger partial charge in [0.05, 0.1) is 19.9 Å². The Morgan fingerprint density at radius 2 is 1.81 bits per heavy atom. The summed E-state index contributed by atoms with van der Waals surface area (Å²) in [5.74, 6) is 0.604. The Bertz CT molecular complexity index is 894. The molecular formula is C19H16Br2N2O3. The highest BCUT2D eigenvalue weighted by Gasteiger charge is 2.15. The second kappa shape index (κ2) is 8.88. The Morgan fingerprint density at radius 3 is 2.35 bits per heavy atom. The van der Waals surface area contributed by atoms with Crippen LogP contribution in [0.4, 0.5) is 5.69 Å². The molecule has 0 spiro atoms. The predicted octanol–water partition coefficient (Wildman–Crippen LogP) is 5.08. The first-order chi connectivity index (χ1) is 12.4. The van der Waals surface area contributed by atoms with E-state index >= 15 is 0 Å². The fraction of sp³-hybridized carbons (Fsp3) is 0.158. The fourth-order valence-corrected chi connectivity index (χ4v) is 3.86. The number of rotatable bonds is 5. The zero-order chi connectivity index (χ0) is 19.3. The summed E-state index contributed by atoms with van der Waals surface area (Å²) in [7, 11) is 3.06. The van der Waals surface area contributed by atoms with Crippen molar-refractivity contribution >= 4 is 49.5 Å². The van der Waals surface area contributed by atoms with Crippen LogP contribution in [-0.4, -0.2) is 20.1 Å². The molecule has 7 heteroatoms. The molecule has 0 fully saturated rings. The molecule has 0 atom stereocenters. The lowest BCUT2D eigenvalue weighted by Crippen LogP contribution is -2.14. The average Bonchev–Trinajstić information content (AvgIpc) is 2.62. The number of benzene rings is 2. The molecule has 5 nitrogen and oxygen atoms in total. The SMILES string of the molecule is COc1ccc(/C=C(\C#N)C(=O)Nc2c(Br)cc(C)cc2Br)c(OC)c1. The van der Waals surface area contributed by atoms with Crippen molar-refractivity contribution < 1.29 is 14.3 Å². The summed E-state index contributed by atoms with van der Waals surface area (Å²) < 4.78 is 11.9. The van der Waals surface area contributed by atoms with Gasteiger partial charge in [0, 0.05) is 20.6 Å². The van der Waals surface area contributed by atoms with E-state index < -0.39 is 5.91 Å². The molecule has 2 aromatic rings. The summed E-state index contributed by atoms with van der Waals surface area (Å²) in [6, 6.07) is 10.8. The molecular weight excluding hydrogens is 464 g/mol. The molecule has 0 heterocycles. The third-order valence-electron chi connectivity index (χ3n) is 3.53. The number of nitrogens with zero attached hydrogens (tertiary/aromatic N) is 1. The van der Waals surface area contributed by atoms with E-state index in [1.807, 2.05) is 25.1 Å². The zero-order valence-electron chi connectivity index (χ0n) is 14.4. The van der Waals surface area contributed by atoms with Crippen LogP contribution in [0.2, 0.25) is 0 Å². The number of aryl methyl sites for hydroxylation is 1. The highest BCUT2D eigenvalue weighted by atomic mass is 79.9. The predicted molar refractivity (Wildman–Crippen MR) is 108 cm³/mol. The molecule has 0 aliphatic rings. The monoisotopic (exact) mass is 478 g/mol. The molecule has 134 valence electrons. The first kappa shape index (κ1) is 20.0. The Kier molecular flexibility index (Phi) is 6.83. The van der Waals surface area contributed by atoms with Crippen LogP contribution in [0.3, 0.4) is 0 Å². The van der Waals surface area contributed by atoms with Crippen LogP contribution < -0.4 is 14.8 Å². The number of anilines is 1. The second-order valence-corrected chi connectivity index (χ2v) is 7.04. The van der Waals surface area contributed by atoms with Crippen LogP contribution in [0.1, 0.15) is 11.1 Å². The standard InChI is InChI=1S/C19H16Br2N2O3/c1-11-6-15(20)18(16(21)7-11)23-19(24)13(10-22)8-12-4-5-14(25-2)9-17(12)26-3/h4-9H,1-3H3,(H,23,24)/b13-8+. The summed E-state index contributed by atoms with van der Waals surface area (Å²) in [4.78, 5) is 12.6. The van der Waals surface area contributed by atoms with E-state index in [1.165, 1.54) is 13.2 Å². The van der Waals surface area contributed by atoms with Gasteiger partial charge in [0.15, 0.2) is 0 Å². The van der Waals surface area contributed by atoms with Crippen molar-refractivity contribution in [1.82, 2.24) is 0 Å². The highest BCUT2D eigenvalue weighted by molar-refractivity contribution is 9.11. The van der Waals surface area contributed by atoms with E-state index in [0.717, 1.165) is 14.5 Å². The summed E-state index contributed by atoms with van der Waals surface area (Å²) in [5, 5.41) is 12.2. The molecule has 0 bridgehead atoms. The lowest BCUT2D eigenvalue weighted by Gasteiger charge is -2.11. The molecule has 1 amide bonds. The first-order valence-corrected chi connectivity index (χ1v) is 9.09. The van der Waals surface area contributed by atoms with Crippen molar-refractivity contribution in [2.45, 2.75) is 6.92 Å². The van der Waals surface area contributed by atoms with E-state index in [-0.39, 0.29) is 5.57 Å². The van der Waals surface area contributed by atoms with Crippen LogP contribution in [0.5, 0.6) is 11.5 Å². The highest BCUT2D eigenvalue weighted by Crippen LogP contribution is 2.33. The number of methoxy groups -OCH3 is 2. The van der Waals surface area contributed by atoms with Gasteiger partial charge in [-0.25, -0.2) is 0 Å². The maximum atomic E-state index is 12.6. The normalized spacial score (nSPS) is 10.8. The van der Waals surface area contributed by atoms with Gasteiger partial charge in [-0.05, 0) is 74.7 Å². The molecule has 0 saturated heterocycles. The van der Waals surface area contributed by atoms with Crippen LogP contribution in [-0.2, 0) is 4.79 Å². The molecule has 1 N–H and O–H groups in total. The van der Waals surface area contributed by atoms with Crippen molar-refractivity contribution in [1.29, 1.82) is 5.26 Å². The maximum absolute atomic E-state index is 12.6. The van der Waals surface area contributed by atoms with Crippen molar-refractivity contribution in [3.63, 3.8) is 0 Å². The number of hydrogen-bond donors (Lipinski definition) is 1. The van der Waals surface area contributed by atoms with Crippen molar-refractivity contribution in [2.24, 2.45) is 0 Å².